The molecule has 1 saturated heterocycles. The molecule has 5 rings (SSSR count). The number of halogens is 1. The Bertz CT molecular complexity index is 1380. The molecule has 0 atom stereocenters. The molecular weight excluding hydrogens is 429 g/mol. The minimum absolute atomic E-state index is 0.102. The summed E-state index contributed by atoms with van der Waals surface area (Å²) in [6.45, 7) is 5.80. The van der Waals surface area contributed by atoms with E-state index in [1.54, 1.807) is 30.3 Å². The van der Waals surface area contributed by atoms with Gasteiger partial charge < -0.3 is 10.2 Å². The third-order valence-electron chi connectivity index (χ3n) is 6.13. The van der Waals surface area contributed by atoms with Crippen molar-refractivity contribution < 1.29 is 9.18 Å². The number of nitrogens with zero attached hydrogens (tertiary/aromatic N) is 4. The Morgan fingerprint density at radius 2 is 1.79 bits per heavy atom. The van der Waals surface area contributed by atoms with Crippen LogP contribution in [0.4, 0.5) is 20.8 Å². The fraction of sp³-hybridized carbons (Fsp3) is 0.222. The van der Waals surface area contributed by atoms with Crippen LogP contribution in [-0.4, -0.2) is 41.0 Å². The van der Waals surface area contributed by atoms with Crippen molar-refractivity contribution in [3.8, 4) is 11.1 Å². The molecule has 1 aromatic heterocycles. The molecule has 1 N–H and O–H groups in total. The van der Waals surface area contributed by atoms with Gasteiger partial charge in [-0.15, -0.1) is 0 Å². The van der Waals surface area contributed by atoms with E-state index in [1.165, 1.54) is 17.2 Å². The molecule has 7 heteroatoms. The highest BCUT2D eigenvalue weighted by molar-refractivity contribution is 5.94. The van der Waals surface area contributed by atoms with Gasteiger partial charge in [-0.2, -0.15) is 0 Å². The Hall–Kier alpha value is -4.00. The minimum Gasteiger partial charge on any atom is -0.357 e. The molecule has 0 radical (unpaired) electrons. The SMILES string of the molecule is CNc1ncc2cc(-c3ccc(N4CCN(Cc5cc(C)cc(C)c5)C4=O)cc3F)ccc2n1. The average Bonchev–Trinajstić information content (AvgIpc) is 3.17. The molecule has 1 aliphatic rings. The average molecular weight is 456 g/mol. The van der Waals surface area contributed by atoms with E-state index >= 15 is 4.39 Å². The first kappa shape index (κ1) is 21.8. The lowest BCUT2D eigenvalue weighted by atomic mass is 10.0. The van der Waals surface area contributed by atoms with Crippen molar-refractivity contribution in [3.05, 3.63) is 83.3 Å². The number of urea groups is 1. The topological polar surface area (TPSA) is 61.4 Å². The molecule has 3 aromatic carbocycles. The first-order valence-corrected chi connectivity index (χ1v) is 11.3. The predicted octanol–water partition coefficient (Wildman–Crippen LogP) is 5.54. The van der Waals surface area contributed by atoms with Crippen LogP contribution in [0.5, 0.6) is 0 Å². The number of nitrogens with one attached hydrogen (secondary N) is 1. The van der Waals surface area contributed by atoms with Crippen LogP contribution in [0.1, 0.15) is 16.7 Å². The summed E-state index contributed by atoms with van der Waals surface area (Å²) in [4.78, 5) is 25.2. The predicted molar refractivity (Wildman–Crippen MR) is 134 cm³/mol. The van der Waals surface area contributed by atoms with Gasteiger partial charge in [-0.1, -0.05) is 35.4 Å². The second kappa shape index (κ2) is 8.74. The summed E-state index contributed by atoms with van der Waals surface area (Å²) < 4.78 is 15.2. The monoisotopic (exact) mass is 455 g/mol. The van der Waals surface area contributed by atoms with Crippen LogP contribution >= 0.6 is 0 Å². The second-order valence-electron chi connectivity index (χ2n) is 8.73. The number of rotatable bonds is 5. The van der Waals surface area contributed by atoms with Crippen molar-refractivity contribution in [1.82, 2.24) is 14.9 Å². The molecule has 34 heavy (non-hydrogen) atoms. The summed E-state index contributed by atoms with van der Waals surface area (Å²) >= 11 is 0. The molecule has 6 nitrogen and oxygen atoms in total. The summed E-state index contributed by atoms with van der Waals surface area (Å²) in [6.07, 6.45) is 1.72. The van der Waals surface area contributed by atoms with Gasteiger partial charge in [0.1, 0.15) is 5.82 Å². The molecule has 0 aliphatic carbocycles. The summed E-state index contributed by atoms with van der Waals surface area (Å²) in [5.41, 5.74) is 6.03. The zero-order chi connectivity index (χ0) is 23.8. The van der Waals surface area contributed by atoms with Crippen molar-refractivity contribution in [1.29, 1.82) is 0 Å². The number of amides is 2. The number of fused-ring (bicyclic) bond motifs is 1. The summed E-state index contributed by atoms with van der Waals surface area (Å²) in [6, 6.07) is 16.8. The molecule has 172 valence electrons. The van der Waals surface area contributed by atoms with Crippen LogP contribution in [0.2, 0.25) is 0 Å². The molecule has 2 amide bonds. The van der Waals surface area contributed by atoms with Crippen LogP contribution in [0.15, 0.2) is 60.8 Å². The molecule has 0 saturated carbocycles. The summed E-state index contributed by atoms with van der Waals surface area (Å²) in [5.74, 6) is 0.169. The van der Waals surface area contributed by atoms with Gasteiger partial charge in [0.25, 0.3) is 0 Å². The lowest BCUT2D eigenvalue weighted by Gasteiger charge is -2.20. The minimum atomic E-state index is -0.370. The van der Waals surface area contributed by atoms with Crippen molar-refractivity contribution in [2.75, 3.05) is 30.4 Å². The van der Waals surface area contributed by atoms with E-state index in [0.717, 1.165) is 22.0 Å². The Kier molecular flexibility index (Phi) is 5.61. The van der Waals surface area contributed by atoms with E-state index in [4.69, 9.17) is 0 Å². The summed E-state index contributed by atoms with van der Waals surface area (Å²) in [5, 5.41) is 3.74. The van der Waals surface area contributed by atoms with E-state index in [1.807, 2.05) is 23.1 Å². The first-order valence-electron chi connectivity index (χ1n) is 11.3. The molecule has 0 bridgehead atoms. The number of hydrogen-bond acceptors (Lipinski definition) is 4. The van der Waals surface area contributed by atoms with Crippen LogP contribution in [0.3, 0.4) is 0 Å². The van der Waals surface area contributed by atoms with Crippen molar-refractivity contribution in [3.63, 3.8) is 0 Å². The highest BCUT2D eigenvalue weighted by Crippen LogP contribution is 2.30. The van der Waals surface area contributed by atoms with Crippen LogP contribution in [-0.2, 0) is 6.54 Å². The molecule has 0 spiro atoms. The van der Waals surface area contributed by atoms with E-state index in [2.05, 4.69) is 47.3 Å². The Morgan fingerprint density at radius 3 is 2.53 bits per heavy atom. The van der Waals surface area contributed by atoms with Gasteiger partial charge in [-0.3, -0.25) is 4.90 Å². The van der Waals surface area contributed by atoms with E-state index < -0.39 is 0 Å². The van der Waals surface area contributed by atoms with Crippen molar-refractivity contribution >= 4 is 28.6 Å². The molecule has 2 heterocycles. The normalized spacial score (nSPS) is 13.7. The third kappa shape index (κ3) is 4.17. The van der Waals surface area contributed by atoms with E-state index in [9.17, 15) is 4.79 Å². The lowest BCUT2D eigenvalue weighted by Crippen LogP contribution is -2.31. The quantitative estimate of drug-likeness (QED) is 0.429. The van der Waals surface area contributed by atoms with Crippen LogP contribution in [0, 0.1) is 19.7 Å². The third-order valence-corrected chi connectivity index (χ3v) is 6.13. The van der Waals surface area contributed by atoms with E-state index in [-0.39, 0.29) is 11.8 Å². The number of hydrogen-bond donors (Lipinski definition) is 1. The standard InChI is InChI=1S/C27H26FN5O/c1-17-10-18(2)12-19(11-17)16-32-8-9-33(27(32)34)22-5-6-23(24(28)14-22)20-4-7-25-21(13-20)15-30-26(29-3)31-25/h4-7,10-15H,8-9,16H2,1-3H3,(H,29,30,31). The van der Waals surface area contributed by atoms with Gasteiger partial charge >= 0.3 is 6.03 Å². The molecule has 0 unspecified atom stereocenters. The maximum Gasteiger partial charge on any atom is 0.324 e. The fourth-order valence-electron chi connectivity index (χ4n) is 4.58. The number of carbonyl (C=O) groups is 1. The lowest BCUT2D eigenvalue weighted by molar-refractivity contribution is 0.218. The van der Waals surface area contributed by atoms with Gasteiger partial charge in [-0.05, 0) is 55.3 Å². The second-order valence-corrected chi connectivity index (χ2v) is 8.73. The highest BCUT2D eigenvalue weighted by Gasteiger charge is 2.30. The molecule has 4 aromatic rings. The highest BCUT2D eigenvalue weighted by atomic mass is 19.1. The zero-order valence-corrected chi connectivity index (χ0v) is 19.5. The Labute approximate surface area is 198 Å². The van der Waals surface area contributed by atoms with Gasteiger partial charge in [0.2, 0.25) is 5.95 Å². The maximum atomic E-state index is 15.2. The van der Waals surface area contributed by atoms with Crippen molar-refractivity contribution in [2.45, 2.75) is 20.4 Å². The first-order chi connectivity index (χ1) is 16.4. The van der Waals surface area contributed by atoms with Crippen molar-refractivity contribution in [2.24, 2.45) is 0 Å². The molecule has 1 fully saturated rings. The van der Waals surface area contributed by atoms with Gasteiger partial charge in [0.05, 0.1) is 5.52 Å². The largest absolute Gasteiger partial charge is 0.357 e. The zero-order valence-electron chi connectivity index (χ0n) is 19.5. The fourth-order valence-corrected chi connectivity index (χ4v) is 4.58. The maximum absolute atomic E-state index is 15.2. The van der Waals surface area contributed by atoms with E-state index in [0.29, 0.717) is 36.8 Å². The van der Waals surface area contributed by atoms with Gasteiger partial charge in [0.15, 0.2) is 0 Å². The number of aromatic nitrogens is 2. The smallest absolute Gasteiger partial charge is 0.324 e. The Balaban J connectivity index is 1.36. The number of aryl methyl sites for hydroxylation is 2. The molecular formula is C27H26FN5O. The van der Waals surface area contributed by atoms with Gasteiger partial charge in [-0.25, -0.2) is 19.2 Å². The van der Waals surface area contributed by atoms with Gasteiger partial charge in [0, 0.05) is 49.5 Å². The number of anilines is 2. The number of carbonyl (C=O) groups excluding carboxylic acids is 1. The molecule has 1 aliphatic heterocycles. The number of benzene rings is 3. The van der Waals surface area contributed by atoms with Crippen LogP contribution in [0.25, 0.3) is 22.0 Å². The van der Waals surface area contributed by atoms with Crippen LogP contribution < -0.4 is 10.2 Å². The summed E-state index contributed by atoms with van der Waals surface area (Å²) in [7, 11) is 1.76. The Morgan fingerprint density at radius 1 is 1.00 bits per heavy atom.